The molecule has 72 valence electrons. The lowest BCUT2D eigenvalue weighted by Gasteiger charge is -2.17. The second-order valence-corrected chi connectivity index (χ2v) is 2.92. The van der Waals surface area contributed by atoms with Crippen LogP contribution in [-0.2, 0) is 4.79 Å². The third-order valence-corrected chi connectivity index (χ3v) is 1.63. The zero-order valence-corrected chi connectivity index (χ0v) is 8.05. The van der Waals surface area contributed by atoms with E-state index in [1.54, 1.807) is 0 Å². The number of likely N-dealkylation sites (N-methyl/N-ethyl adjacent to an activating group) is 1. The van der Waals surface area contributed by atoms with Gasteiger partial charge in [-0.3, -0.25) is 4.79 Å². The second kappa shape index (κ2) is 5.97. The molecular formula is C8H19N3O. The SMILES string of the molecule is CCNC(=O)C(C)NC(C)CN. The van der Waals surface area contributed by atoms with Gasteiger partial charge < -0.3 is 16.4 Å². The van der Waals surface area contributed by atoms with Crippen LogP contribution in [0.2, 0.25) is 0 Å². The molecule has 0 aliphatic carbocycles. The number of nitrogens with one attached hydrogen (secondary N) is 2. The highest BCUT2D eigenvalue weighted by atomic mass is 16.2. The maximum Gasteiger partial charge on any atom is 0.236 e. The van der Waals surface area contributed by atoms with Gasteiger partial charge in [-0.2, -0.15) is 0 Å². The molecule has 0 aliphatic heterocycles. The summed E-state index contributed by atoms with van der Waals surface area (Å²) in [5.74, 6) is 0.0257. The Kier molecular flexibility index (Phi) is 5.66. The molecule has 4 nitrogen and oxygen atoms in total. The van der Waals surface area contributed by atoms with Crippen molar-refractivity contribution in [3.8, 4) is 0 Å². The lowest BCUT2D eigenvalue weighted by Crippen LogP contribution is -2.47. The Morgan fingerprint density at radius 1 is 1.50 bits per heavy atom. The van der Waals surface area contributed by atoms with Crippen LogP contribution < -0.4 is 16.4 Å². The molecule has 2 unspecified atom stereocenters. The first-order valence-electron chi connectivity index (χ1n) is 4.35. The van der Waals surface area contributed by atoms with E-state index in [9.17, 15) is 4.79 Å². The average molecular weight is 173 g/mol. The summed E-state index contributed by atoms with van der Waals surface area (Å²) >= 11 is 0. The number of carbonyl (C=O) groups excluding carboxylic acids is 1. The van der Waals surface area contributed by atoms with E-state index >= 15 is 0 Å². The Bertz CT molecular complexity index is 138. The molecular weight excluding hydrogens is 154 g/mol. The summed E-state index contributed by atoms with van der Waals surface area (Å²) in [5.41, 5.74) is 5.40. The lowest BCUT2D eigenvalue weighted by molar-refractivity contribution is -0.122. The standard InChI is InChI=1S/C8H19N3O/c1-4-10-8(12)7(3)11-6(2)5-9/h6-7,11H,4-5,9H2,1-3H3,(H,10,12). The molecule has 0 aliphatic rings. The van der Waals surface area contributed by atoms with Gasteiger partial charge in [-0.15, -0.1) is 0 Å². The van der Waals surface area contributed by atoms with Crippen LogP contribution in [0.5, 0.6) is 0 Å². The summed E-state index contributed by atoms with van der Waals surface area (Å²) in [5, 5.41) is 5.81. The van der Waals surface area contributed by atoms with E-state index in [0.717, 1.165) is 0 Å². The van der Waals surface area contributed by atoms with E-state index in [1.165, 1.54) is 0 Å². The molecule has 0 aromatic heterocycles. The molecule has 4 N–H and O–H groups in total. The van der Waals surface area contributed by atoms with Gasteiger partial charge >= 0.3 is 0 Å². The van der Waals surface area contributed by atoms with Crippen molar-refractivity contribution in [2.75, 3.05) is 13.1 Å². The Balaban J connectivity index is 3.70. The topological polar surface area (TPSA) is 67.2 Å². The zero-order valence-electron chi connectivity index (χ0n) is 8.05. The van der Waals surface area contributed by atoms with Gasteiger partial charge in [0.1, 0.15) is 0 Å². The fourth-order valence-electron chi connectivity index (χ4n) is 0.898. The first-order chi connectivity index (χ1) is 5.61. The number of nitrogens with two attached hydrogens (primary N) is 1. The Hall–Kier alpha value is -0.610. The number of carbonyl (C=O) groups is 1. The third-order valence-electron chi connectivity index (χ3n) is 1.63. The van der Waals surface area contributed by atoms with Crippen LogP contribution in [0.3, 0.4) is 0 Å². The molecule has 0 heterocycles. The highest BCUT2D eigenvalue weighted by Crippen LogP contribution is 1.85. The maximum absolute atomic E-state index is 11.2. The smallest absolute Gasteiger partial charge is 0.236 e. The van der Waals surface area contributed by atoms with Crippen LogP contribution in [-0.4, -0.2) is 31.1 Å². The summed E-state index contributed by atoms with van der Waals surface area (Å²) in [7, 11) is 0. The molecule has 2 atom stereocenters. The first-order valence-corrected chi connectivity index (χ1v) is 4.35. The van der Waals surface area contributed by atoms with Gasteiger partial charge in [-0.25, -0.2) is 0 Å². The molecule has 4 heteroatoms. The monoisotopic (exact) mass is 173 g/mol. The molecule has 0 spiro atoms. The van der Waals surface area contributed by atoms with E-state index in [2.05, 4.69) is 10.6 Å². The summed E-state index contributed by atoms with van der Waals surface area (Å²) in [4.78, 5) is 11.2. The molecule has 0 bridgehead atoms. The molecule has 0 fully saturated rings. The summed E-state index contributed by atoms with van der Waals surface area (Å²) in [6.07, 6.45) is 0. The summed E-state index contributed by atoms with van der Waals surface area (Å²) in [6.45, 7) is 6.90. The van der Waals surface area contributed by atoms with E-state index in [0.29, 0.717) is 13.1 Å². The largest absolute Gasteiger partial charge is 0.355 e. The highest BCUT2D eigenvalue weighted by molar-refractivity contribution is 5.81. The minimum Gasteiger partial charge on any atom is -0.355 e. The fraction of sp³-hybridized carbons (Fsp3) is 0.875. The zero-order chi connectivity index (χ0) is 9.56. The minimum atomic E-state index is -0.163. The van der Waals surface area contributed by atoms with Crippen LogP contribution in [0.15, 0.2) is 0 Å². The molecule has 0 aromatic rings. The van der Waals surface area contributed by atoms with Crippen LogP contribution in [0.1, 0.15) is 20.8 Å². The molecule has 0 radical (unpaired) electrons. The quantitative estimate of drug-likeness (QED) is 0.522. The Labute approximate surface area is 73.9 Å². The van der Waals surface area contributed by atoms with Crippen LogP contribution in [0, 0.1) is 0 Å². The van der Waals surface area contributed by atoms with Gasteiger partial charge in [0.2, 0.25) is 5.91 Å². The molecule has 0 aromatic carbocycles. The summed E-state index contributed by atoms with van der Waals surface area (Å²) in [6, 6.07) is 0.0195. The molecule has 1 amide bonds. The van der Waals surface area contributed by atoms with Gasteiger partial charge in [-0.1, -0.05) is 0 Å². The van der Waals surface area contributed by atoms with Crippen molar-refractivity contribution >= 4 is 5.91 Å². The van der Waals surface area contributed by atoms with Gasteiger partial charge in [0.05, 0.1) is 6.04 Å². The van der Waals surface area contributed by atoms with E-state index in [1.807, 2.05) is 20.8 Å². The predicted molar refractivity (Wildman–Crippen MR) is 49.8 cm³/mol. The van der Waals surface area contributed by atoms with Crippen molar-refractivity contribution in [2.45, 2.75) is 32.9 Å². The van der Waals surface area contributed by atoms with Crippen molar-refractivity contribution in [3.63, 3.8) is 0 Å². The minimum absolute atomic E-state index is 0.0257. The lowest BCUT2D eigenvalue weighted by atomic mass is 10.2. The van der Waals surface area contributed by atoms with Crippen LogP contribution in [0.4, 0.5) is 0 Å². The normalized spacial score (nSPS) is 15.3. The van der Waals surface area contributed by atoms with Crippen LogP contribution >= 0.6 is 0 Å². The Morgan fingerprint density at radius 3 is 2.50 bits per heavy atom. The van der Waals surface area contributed by atoms with E-state index < -0.39 is 0 Å². The van der Waals surface area contributed by atoms with Crippen LogP contribution in [0.25, 0.3) is 0 Å². The fourth-order valence-corrected chi connectivity index (χ4v) is 0.898. The first kappa shape index (κ1) is 11.4. The van der Waals surface area contributed by atoms with Crippen molar-refractivity contribution in [3.05, 3.63) is 0 Å². The average Bonchev–Trinajstić information content (AvgIpc) is 2.04. The second-order valence-electron chi connectivity index (χ2n) is 2.92. The van der Waals surface area contributed by atoms with Crippen molar-refractivity contribution in [2.24, 2.45) is 5.73 Å². The van der Waals surface area contributed by atoms with E-state index in [-0.39, 0.29) is 18.0 Å². The Morgan fingerprint density at radius 2 is 2.08 bits per heavy atom. The van der Waals surface area contributed by atoms with Crippen molar-refractivity contribution < 1.29 is 4.79 Å². The van der Waals surface area contributed by atoms with Gasteiger partial charge in [0.15, 0.2) is 0 Å². The molecule has 0 rings (SSSR count). The number of hydrogen-bond acceptors (Lipinski definition) is 3. The van der Waals surface area contributed by atoms with Gasteiger partial charge in [0, 0.05) is 19.1 Å². The van der Waals surface area contributed by atoms with Gasteiger partial charge in [-0.05, 0) is 20.8 Å². The van der Waals surface area contributed by atoms with Gasteiger partial charge in [0.25, 0.3) is 0 Å². The maximum atomic E-state index is 11.2. The number of rotatable bonds is 5. The predicted octanol–water partition coefficient (Wildman–Crippen LogP) is -0.552. The highest BCUT2D eigenvalue weighted by Gasteiger charge is 2.12. The third kappa shape index (κ3) is 4.31. The molecule has 12 heavy (non-hydrogen) atoms. The van der Waals surface area contributed by atoms with Crippen molar-refractivity contribution in [1.82, 2.24) is 10.6 Å². The molecule has 0 saturated carbocycles. The van der Waals surface area contributed by atoms with Crippen molar-refractivity contribution in [1.29, 1.82) is 0 Å². The van der Waals surface area contributed by atoms with E-state index in [4.69, 9.17) is 5.73 Å². The number of amides is 1. The summed E-state index contributed by atoms with van der Waals surface area (Å²) < 4.78 is 0. The number of hydrogen-bond donors (Lipinski definition) is 3. The molecule has 0 saturated heterocycles.